The molecule has 2 aliphatic rings. The molecule has 4 rings (SSSR count). The number of anilines is 1. The molecule has 3 heterocycles. The van der Waals surface area contributed by atoms with Gasteiger partial charge in [-0.2, -0.15) is 5.10 Å². The molecule has 2 aliphatic heterocycles. The summed E-state index contributed by atoms with van der Waals surface area (Å²) in [5.74, 6) is -1.42. The topological polar surface area (TPSA) is 139 Å². The van der Waals surface area contributed by atoms with E-state index < -0.39 is 29.2 Å². The third-order valence-electron chi connectivity index (χ3n) is 4.79. The van der Waals surface area contributed by atoms with E-state index in [0.29, 0.717) is 12.4 Å². The quantitative estimate of drug-likeness (QED) is 0.436. The molecule has 3 amide bonds. The van der Waals surface area contributed by atoms with Gasteiger partial charge in [-0.1, -0.05) is 0 Å². The van der Waals surface area contributed by atoms with Crippen molar-refractivity contribution in [2.24, 2.45) is 7.05 Å². The molecule has 0 unspecified atom stereocenters. The number of carbonyl (C=O) groups is 3. The minimum absolute atomic E-state index is 0.0468. The third kappa shape index (κ3) is 2.81. The second-order valence-electron chi connectivity index (χ2n) is 6.56. The zero-order valence-corrected chi connectivity index (χ0v) is 14.9. The van der Waals surface area contributed by atoms with Crippen LogP contribution in [0, 0.1) is 10.1 Å². The van der Waals surface area contributed by atoms with Gasteiger partial charge in [-0.05, 0) is 6.07 Å². The van der Waals surface area contributed by atoms with Gasteiger partial charge in [0, 0.05) is 44.3 Å². The normalized spacial score (nSPS) is 15.4. The van der Waals surface area contributed by atoms with Crippen LogP contribution < -0.4 is 10.6 Å². The Bertz CT molecular complexity index is 1040. The number of hydrogen-bond donors (Lipinski definition) is 2. The first-order chi connectivity index (χ1) is 13.4. The van der Waals surface area contributed by atoms with E-state index in [-0.39, 0.29) is 16.8 Å². The van der Waals surface area contributed by atoms with E-state index >= 15 is 0 Å². The summed E-state index contributed by atoms with van der Waals surface area (Å²) in [7, 11) is 1.70. The highest BCUT2D eigenvalue weighted by Crippen LogP contribution is 2.27. The van der Waals surface area contributed by atoms with E-state index in [9.17, 15) is 24.5 Å². The van der Waals surface area contributed by atoms with Crippen LogP contribution in [0.1, 0.15) is 32.0 Å². The van der Waals surface area contributed by atoms with Crippen LogP contribution in [0.5, 0.6) is 0 Å². The molecule has 0 radical (unpaired) electrons. The molecule has 0 fully saturated rings. The van der Waals surface area contributed by atoms with Crippen molar-refractivity contribution < 1.29 is 19.3 Å². The first-order valence-electron chi connectivity index (χ1n) is 8.56. The molecule has 1 aromatic heterocycles. The average molecular weight is 384 g/mol. The lowest BCUT2D eigenvalue weighted by atomic mass is 10.1. The van der Waals surface area contributed by atoms with Gasteiger partial charge in [0.2, 0.25) is 5.91 Å². The fraction of sp³-hybridized carbons (Fsp3) is 0.294. The largest absolute Gasteiger partial charge is 0.312 e. The van der Waals surface area contributed by atoms with Crippen LogP contribution in [0.4, 0.5) is 11.5 Å². The maximum atomic E-state index is 12.5. The van der Waals surface area contributed by atoms with Crippen molar-refractivity contribution in [1.29, 1.82) is 0 Å². The van der Waals surface area contributed by atoms with Gasteiger partial charge in [0.05, 0.1) is 21.7 Å². The molecule has 0 saturated carbocycles. The lowest BCUT2D eigenvalue weighted by Crippen LogP contribution is -2.37. The van der Waals surface area contributed by atoms with E-state index in [1.165, 1.54) is 6.07 Å². The van der Waals surface area contributed by atoms with Gasteiger partial charge >= 0.3 is 0 Å². The molecule has 144 valence electrons. The molecule has 0 spiro atoms. The molecule has 11 heteroatoms. The van der Waals surface area contributed by atoms with Crippen LogP contribution in [0.25, 0.3) is 0 Å². The van der Waals surface area contributed by atoms with Crippen LogP contribution in [0.3, 0.4) is 0 Å². The molecule has 0 bridgehead atoms. The Labute approximate surface area is 158 Å². The minimum Gasteiger partial charge on any atom is -0.312 e. The van der Waals surface area contributed by atoms with Gasteiger partial charge in [-0.15, -0.1) is 0 Å². The number of carbonyl (C=O) groups excluding carboxylic acids is 3. The van der Waals surface area contributed by atoms with Gasteiger partial charge < -0.3 is 10.6 Å². The number of nitro benzene ring substituents is 1. The fourth-order valence-corrected chi connectivity index (χ4v) is 3.44. The summed E-state index contributed by atoms with van der Waals surface area (Å²) in [6, 6.07) is 3.44. The molecule has 0 saturated heterocycles. The maximum Gasteiger partial charge on any atom is 0.270 e. The summed E-state index contributed by atoms with van der Waals surface area (Å²) in [6.07, 6.45) is 0.746. The predicted molar refractivity (Wildman–Crippen MR) is 95.7 cm³/mol. The molecule has 0 atom stereocenters. The molecule has 2 aromatic rings. The molecule has 2 N–H and O–H groups in total. The summed E-state index contributed by atoms with van der Waals surface area (Å²) in [5.41, 5.74) is 1.45. The average Bonchev–Trinajstić information content (AvgIpc) is 3.11. The van der Waals surface area contributed by atoms with Gasteiger partial charge in [-0.3, -0.25) is 34.1 Å². The molecular formula is C17H16N6O5. The standard InChI is InChI=1S/C17H16N6O5/c1-21-15(12-7-18-5-4-13(12)20-21)19-14(24)8-22-16(25)10-3-2-9(23(27)28)6-11(10)17(22)26/h2-3,6,18H,4-5,7-8H2,1H3,(H,19,24). The van der Waals surface area contributed by atoms with Crippen molar-refractivity contribution in [1.82, 2.24) is 20.0 Å². The van der Waals surface area contributed by atoms with Crippen molar-refractivity contribution in [2.45, 2.75) is 13.0 Å². The van der Waals surface area contributed by atoms with Crippen molar-refractivity contribution in [3.05, 3.63) is 50.7 Å². The van der Waals surface area contributed by atoms with E-state index in [0.717, 1.165) is 41.3 Å². The van der Waals surface area contributed by atoms with Gasteiger partial charge in [0.15, 0.2) is 0 Å². The van der Waals surface area contributed by atoms with Gasteiger partial charge in [0.25, 0.3) is 17.5 Å². The number of hydrogen-bond acceptors (Lipinski definition) is 7. The second kappa shape index (κ2) is 6.53. The number of fused-ring (bicyclic) bond motifs is 2. The Morgan fingerprint density at radius 3 is 2.82 bits per heavy atom. The number of aryl methyl sites for hydroxylation is 1. The Hall–Kier alpha value is -3.60. The number of benzene rings is 1. The predicted octanol–water partition coefficient (Wildman–Crippen LogP) is 0.209. The lowest BCUT2D eigenvalue weighted by Gasteiger charge is -2.16. The fourth-order valence-electron chi connectivity index (χ4n) is 3.44. The SMILES string of the molecule is Cn1nc2c(c1NC(=O)CN1C(=O)c3ccc([N+](=O)[O-])cc3C1=O)CNCC2. The number of non-ortho nitro benzene ring substituents is 1. The van der Waals surface area contributed by atoms with E-state index in [4.69, 9.17) is 0 Å². The molecule has 11 nitrogen and oxygen atoms in total. The zero-order valence-electron chi connectivity index (χ0n) is 14.9. The van der Waals surface area contributed by atoms with Crippen LogP contribution in [-0.4, -0.2) is 50.4 Å². The lowest BCUT2D eigenvalue weighted by molar-refractivity contribution is -0.384. The second-order valence-corrected chi connectivity index (χ2v) is 6.56. The highest BCUT2D eigenvalue weighted by molar-refractivity contribution is 6.23. The molecular weight excluding hydrogens is 368 g/mol. The Morgan fingerprint density at radius 2 is 2.07 bits per heavy atom. The van der Waals surface area contributed by atoms with Crippen molar-refractivity contribution >= 4 is 29.2 Å². The van der Waals surface area contributed by atoms with E-state index in [2.05, 4.69) is 15.7 Å². The number of imide groups is 1. The van der Waals surface area contributed by atoms with Crippen molar-refractivity contribution in [3.8, 4) is 0 Å². The molecule has 0 aliphatic carbocycles. The summed E-state index contributed by atoms with van der Waals surface area (Å²) < 4.78 is 1.56. The van der Waals surface area contributed by atoms with Crippen molar-refractivity contribution in [3.63, 3.8) is 0 Å². The highest BCUT2D eigenvalue weighted by atomic mass is 16.6. The van der Waals surface area contributed by atoms with Crippen LogP contribution >= 0.6 is 0 Å². The molecule has 1 aromatic carbocycles. The van der Waals surface area contributed by atoms with E-state index in [1.807, 2.05) is 0 Å². The monoisotopic (exact) mass is 384 g/mol. The molecule has 28 heavy (non-hydrogen) atoms. The van der Waals surface area contributed by atoms with Crippen molar-refractivity contribution in [2.75, 3.05) is 18.4 Å². The number of amides is 3. The van der Waals surface area contributed by atoms with Crippen LogP contribution in [0.2, 0.25) is 0 Å². The minimum atomic E-state index is -0.729. The Balaban J connectivity index is 1.53. The van der Waals surface area contributed by atoms with Gasteiger partial charge in [-0.25, -0.2) is 0 Å². The number of nitrogens with one attached hydrogen (secondary N) is 2. The smallest absolute Gasteiger partial charge is 0.270 e. The van der Waals surface area contributed by atoms with Crippen LogP contribution in [-0.2, 0) is 24.8 Å². The summed E-state index contributed by atoms with van der Waals surface area (Å²) in [4.78, 5) is 48.5. The number of nitro groups is 1. The first kappa shape index (κ1) is 17.8. The van der Waals surface area contributed by atoms with Crippen LogP contribution in [0.15, 0.2) is 18.2 Å². The Morgan fingerprint density at radius 1 is 1.32 bits per heavy atom. The Kier molecular flexibility index (Phi) is 4.15. The van der Waals surface area contributed by atoms with E-state index in [1.54, 1.807) is 11.7 Å². The van der Waals surface area contributed by atoms with Gasteiger partial charge in [0.1, 0.15) is 12.4 Å². The third-order valence-corrected chi connectivity index (χ3v) is 4.79. The highest BCUT2D eigenvalue weighted by Gasteiger charge is 2.38. The summed E-state index contributed by atoms with van der Waals surface area (Å²) in [5, 5.41) is 21.2. The summed E-state index contributed by atoms with van der Waals surface area (Å²) >= 11 is 0. The summed E-state index contributed by atoms with van der Waals surface area (Å²) in [6.45, 7) is 0.877. The number of rotatable bonds is 4. The number of aromatic nitrogens is 2. The number of nitrogens with zero attached hydrogens (tertiary/aromatic N) is 4. The maximum absolute atomic E-state index is 12.5. The first-order valence-corrected chi connectivity index (χ1v) is 8.56. The zero-order chi connectivity index (χ0) is 20.0.